The van der Waals surface area contributed by atoms with E-state index in [2.05, 4.69) is 0 Å². The van der Waals surface area contributed by atoms with Crippen LogP contribution in [-0.4, -0.2) is 46.6 Å². The van der Waals surface area contributed by atoms with Gasteiger partial charge in [0.25, 0.3) is 0 Å². The van der Waals surface area contributed by atoms with Crippen LogP contribution in [0.1, 0.15) is 53.9 Å². The largest absolute Gasteiger partial charge is 0.459 e. The highest BCUT2D eigenvalue weighted by molar-refractivity contribution is 5.92. The van der Waals surface area contributed by atoms with E-state index in [1.807, 2.05) is 32.9 Å². The van der Waals surface area contributed by atoms with Gasteiger partial charge in [-0.05, 0) is 51.2 Å². The molecule has 6 atom stereocenters. The second-order valence-corrected chi connectivity index (χ2v) is 8.61. The van der Waals surface area contributed by atoms with E-state index in [-0.39, 0.29) is 11.9 Å². The van der Waals surface area contributed by atoms with Crippen LogP contribution in [0.5, 0.6) is 0 Å². The highest BCUT2D eigenvalue weighted by Crippen LogP contribution is 2.50. The van der Waals surface area contributed by atoms with Gasteiger partial charge in [0, 0.05) is 24.3 Å². The lowest BCUT2D eigenvalue weighted by atomic mass is 9.59. The molecule has 1 heterocycles. The van der Waals surface area contributed by atoms with Crippen LogP contribution in [0, 0.1) is 11.3 Å². The highest BCUT2D eigenvalue weighted by atomic mass is 16.6. The SMILES string of the molecule is CC(=O)O[C@@H]1C/C(C)=C\[C@@H]2OC(=O)C(C)=C2C[C@@H]2C(C)=CC[C@H](O)[C@]2(C)[C@H]1O. The summed E-state index contributed by atoms with van der Waals surface area (Å²) in [5, 5.41) is 22.3. The fraction of sp³-hybridized carbons (Fsp3) is 0.636. The van der Waals surface area contributed by atoms with Crippen LogP contribution in [0.25, 0.3) is 0 Å². The summed E-state index contributed by atoms with van der Waals surface area (Å²) in [4.78, 5) is 23.9. The molecule has 1 aliphatic heterocycles. The molecule has 0 radical (unpaired) electrons. The Kier molecular flexibility index (Phi) is 5.56. The summed E-state index contributed by atoms with van der Waals surface area (Å²) in [6.07, 6.45) is 1.98. The van der Waals surface area contributed by atoms with E-state index in [4.69, 9.17) is 9.47 Å². The molecule has 2 N–H and O–H groups in total. The van der Waals surface area contributed by atoms with Gasteiger partial charge in [0.2, 0.25) is 0 Å². The molecule has 0 aromatic heterocycles. The number of hydrogen-bond acceptors (Lipinski definition) is 6. The Bertz CT molecular complexity index is 776. The Morgan fingerprint density at radius 3 is 2.57 bits per heavy atom. The predicted octanol–water partition coefficient (Wildman–Crippen LogP) is 2.59. The molecule has 28 heavy (non-hydrogen) atoms. The first-order valence-corrected chi connectivity index (χ1v) is 9.83. The van der Waals surface area contributed by atoms with E-state index in [9.17, 15) is 19.8 Å². The van der Waals surface area contributed by atoms with Crippen molar-refractivity contribution in [2.45, 2.75) is 78.3 Å². The third kappa shape index (κ3) is 3.44. The van der Waals surface area contributed by atoms with Crippen molar-refractivity contribution in [3.63, 3.8) is 0 Å². The standard InChI is InChI=1S/C22H30O6/c1-11-8-17-15(13(3)21(26)28-17)10-16-12(2)6-7-19(24)22(16,5)20(25)18(9-11)27-14(4)23/h6,8,16-20,24-25H,7,9-10H2,1-5H3/b11-8-/t16-,17+,18-,19+,20+,22-/m1/s1. The maximum atomic E-state index is 12.2. The van der Waals surface area contributed by atoms with Crippen molar-refractivity contribution in [1.29, 1.82) is 0 Å². The predicted molar refractivity (Wildman–Crippen MR) is 103 cm³/mol. The summed E-state index contributed by atoms with van der Waals surface area (Å²) >= 11 is 0. The highest BCUT2D eigenvalue weighted by Gasteiger charge is 2.53. The lowest BCUT2D eigenvalue weighted by Crippen LogP contribution is -2.56. The molecule has 3 rings (SSSR count). The molecule has 0 saturated heterocycles. The molecule has 0 unspecified atom stereocenters. The lowest BCUT2D eigenvalue weighted by molar-refractivity contribution is -0.172. The van der Waals surface area contributed by atoms with E-state index in [1.54, 1.807) is 6.92 Å². The molecule has 154 valence electrons. The molecular formula is C22H30O6. The minimum atomic E-state index is -1.06. The van der Waals surface area contributed by atoms with Gasteiger partial charge >= 0.3 is 11.9 Å². The van der Waals surface area contributed by atoms with Crippen LogP contribution in [0.4, 0.5) is 0 Å². The Hall–Kier alpha value is -1.92. The number of rotatable bonds is 1. The van der Waals surface area contributed by atoms with Crippen molar-refractivity contribution in [2.75, 3.05) is 0 Å². The topological polar surface area (TPSA) is 93.1 Å². The van der Waals surface area contributed by atoms with E-state index in [0.717, 1.165) is 16.7 Å². The van der Waals surface area contributed by atoms with Crippen LogP contribution in [0.2, 0.25) is 0 Å². The summed E-state index contributed by atoms with van der Waals surface area (Å²) < 4.78 is 11.0. The third-order valence-electron chi connectivity index (χ3n) is 6.74. The van der Waals surface area contributed by atoms with Gasteiger partial charge in [-0.15, -0.1) is 0 Å². The maximum Gasteiger partial charge on any atom is 0.334 e. The first-order valence-electron chi connectivity index (χ1n) is 9.83. The molecule has 0 bridgehead atoms. The van der Waals surface area contributed by atoms with E-state index in [0.29, 0.717) is 24.8 Å². The molecular weight excluding hydrogens is 360 g/mol. The number of carbonyl (C=O) groups is 2. The molecule has 6 nitrogen and oxygen atoms in total. The zero-order valence-electron chi connectivity index (χ0n) is 17.2. The van der Waals surface area contributed by atoms with E-state index >= 15 is 0 Å². The molecule has 0 amide bonds. The van der Waals surface area contributed by atoms with Gasteiger partial charge in [-0.3, -0.25) is 4.79 Å². The Morgan fingerprint density at radius 1 is 1.25 bits per heavy atom. The van der Waals surface area contributed by atoms with Gasteiger partial charge in [0.15, 0.2) is 0 Å². The van der Waals surface area contributed by atoms with Gasteiger partial charge in [0.1, 0.15) is 12.2 Å². The zero-order chi connectivity index (χ0) is 20.8. The van der Waals surface area contributed by atoms with E-state index < -0.39 is 35.8 Å². The molecule has 0 saturated carbocycles. The number of aliphatic hydroxyl groups is 2. The fourth-order valence-electron chi connectivity index (χ4n) is 4.92. The molecule has 0 spiro atoms. The minimum absolute atomic E-state index is 0.210. The van der Waals surface area contributed by atoms with Gasteiger partial charge in [-0.1, -0.05) is 24.1 Å². The Balaban J connectivity index is 2.16. The summed E-state index contributed by atoms with van der Waals surface area (Å²) in [7, 11) is 0. The number of esters is 2. The fourth-order valence-corrected chi connectivity index (χ4v) is 4.92. The zero-order valence-corrected chi connectivity index (χ0v) is 17.2. The Labute approximate surface area is 165 Å². The van der Waals surface area contributed by atoms with Crippen molar-refractivity contribution >= 4 is 11.9 Å². The number of aliphatic hydroxyl groups excluding tert-OH is 2. The van der Waals surface area contributed by atoms with Crippen LogP contribution in [-0.2, 0) is 19.1 Å². The van der Waals surface area contributed by atoms with Crippen LogP contribution in [0.3, 0.4) is 0 Å². The molecule has 6 heteroatoms. The lowest BCUT2D eigenvalue weighted by Gasteiger charge is -2.50. The summed E-state index contributed by atoms with van der Waals surface area (Å²) in [5.74, 6) is -1.02. The molecule has 0 fully saturated rings. The average molecular weight is 390 g/mol. The quantitative estimate of drug-likeness (QED) is 0.528. The monoisotopic (exact) mass is 390 g/mol. The number of carbonyl (C=O) groups excluding carboxylic acids is 2. The minimum Gasteiger partial charge on any atom is -0.459 e. The second kappa shape index (κ2) is 7.48. The molecule has 3 aliphatic rings. The van der Waals surface area contributed by atoms with Crippen LogP contribution >= 0.6 is 0 Å². The van der Waals surface area contributed by atoms with Gasteiger partial charge in [-0.2, -0.15) is 0 Å². The smallest absolute Gasteiger partial charge is 0.334 e. The van der Waals surface area contributed by atoms with Crippen molar-refractivity contribution in [3.05, 3.63) is 34.4 Å². The van der Waals surface area contributed by atoms with Crippen LogP contribution in [0.15, 0.2) is 34.4 Å². The maximum absolute atomic E-state index is 12.2. The third-order valence-corrected chi connectivity index (χ3v) is 6.74. The summed E-state index contributed by atoms with van der Waals surface area (Å²) in [6.45, 7) is 8.78. The van der Waals surface area contributed by atoms with Crippen LogP contribution < -0.4 is 0 Å². The van der Waals surface area contributed by atoms with Gasteiger partial charge in [0.05, 0.1) is 12.2 Å². The number of ether oxygens (including phenoxy) is 2. The van der Waals surface area contributed by atoms with Gasteiger partial charge in [-0.25, -0.2) is 4.79 Å². The van der Waals surface area contributed by atoms with Crippen molar-refractivity contribution in [3.8, 4) is 0 Å². The summed E-state index contributed by atoms with van der Waals surface area (Å²) in [5.41, 5.74) is 2.46. The number of hydrogen-bond donors (Lipinski definition) is 2. The van der Waals surface area contributed by atoms with Crippen molar-refractivity contribution in [1.82, 2.24) is 0 Å². The Morgan fingerprint density at radius 2 is 1.93 bits per heavy atom. The van der Waals surface area contributed by atoms with Crippen molar-refractivity contribution < 1.29 is 29.3 Å². The molecule has 2 aliphatic carbocycles. The number of fused-ring (bicyclic) bond motifs is 2. The van der Waals surface area contributed by atoms with Gasteiger partial charge < -0.3 is 19.7 Å². The van der Waals surface area contributed by atoms with Crippen molar-refractivity contribution in [2.24, 2.45) is 11.3 Å². The first kappa shape index (κ1) is 20.8. The first-order chi connectivity index (χ1) is 13.1. The number of allylic oxidation sites excluding steroid dienone is 1. The second-order valence-electron chi connectivity index (χ2n) is 8.61. The van der Waals surface area contributed by atoms with E-state index in [1.165, 1.54) is 6.92 Å². The molecule has 0 aromatic rings. The average Bonchev–Trinajstić information content (AvgIpc) is 2.86. The summed E-state index contributed by atoms with van der Waals surface area (Å²) in [6, 6.07) is 0. The molecule has 0 aromatic carbocycles. The normalized spacial score (nSPS) is 40.5.